The topological polar surface area (TPSA) is 97.9 Å². The van der Waals surface area contributed by atoms with Gasteiger partial charge >= 0.3 is 6.18 Å². The number of nitrogens with two attached hydrogens (primary N) is 1. The Bertz CT molecular complexity index is 1040. The van der Waals surface area contributed by atoms with Crippen molar-refractivity contribution in [3.8, 4) is 0 Å². The Morgan fingerprint density at radius 2 is 1.93 bits per heavy atom. The van der Waals surface area contributed by atoms with E-state index >= 15 is 0 Å². The second kappa shape index (κ2) is 7.82. The molecule has 4 N–H and O–H groups in total. The summed E-state index contributed by atoms with van der Waals surface area (Å²) in [6.07, 6.45) is -2.28. The lowest BCUT2D eigenvalue weighted by molar-refractivity contribution is -0.137. The quantitative estimate of drug-likeness (QED) is 0.583. The molecule has 2 aromatic heterocycles. The first-order chi connectivity index (χ1) is 13.7. The average Bonchev–Trinajstić information content (AvgIpc) is 2.98. The van der Waals surface area contributed by atoms with E-state index in [4.69, 9.17) is 5.73 Å². The summed E-state index contributed by atoms with van der Waals surface area (Å²) >= 11 is 0. The first-order valence-corrected chi connectivity index (χ1v) is 8.61. The normalized spacial score (nSPS) is 11.3. The van der Waals surface area contributed by atoms with Gasteiger partial charge in [0.05, 0.1) is 28.8 Å². The molecule has 3 rings (SSSR count). The molecule has 10 heteroatoms. The molecule has 3 aromatic rings. The van der Waals surface area contributed by atoms with Crippen molar-refractivity contribution in [1.29, 1.82) is 0 Å². The van der Waals surface area contributed by atoms with Gasteiger partial charge in [0.15, 0.2) is 0 Å². The van der Waals surface area contributed by atoms with Crippen molar-refractivity contribution < 1.29 is 18.0 Å². The van der Waals surface area contributed by atoms with Crippen LogP contribution in [0.5, 0.6) is 0 Å². The highest BCUT2D eigenvalue weighted by atomic mass is 19.4. The van der Waals surface area contributed by atoms with E-state index in [1.54, 1.807) is 36.1 Å². The van der Waals surface area contributed by atoms with Gasteiger partial charge in [-0.3, -0.25) is 9.48 Å². The molecule has 152 valence electrons. The number of amides is 1. The lowest BCUT2D eigenvalue weighted by Crippen LogP contribution is -2.16. The first-order valence-electron chi connectivity index (χ1n) is 8.61. The fraction of sp³-hybridized carbons (Fsp3) is 0.211. The van der Waals surface area contributed by atoms with E-state index in [1.165, 1.54) is 12.1 Å². The number of primary amides is 1. The van der Waals surface area contributed by atoms with E-state index in [1.807, 2.05) is 6.92 Å². The van der Waals surface area contributed by atoms with Crippen molar-refractivity contribution in [2.24, 2.45) is 12.8 Å². The molecule has 2 heterocycles. The number of carbonyl (C=O) groups is 1. The number of anilines is 3. The van der Waals surface area contributed by atoms with E-state index in [9.17, 15) is 18.0 Å². The van der Waals surface area contributed by atoms with E-state index < -0.39 is 17.6 Å². The smallest absolute Gasteiger partial charge is 0.380 e. The van der Waals surface area contributed by atoms with Gasteiger partial charge < -0.3 is 16.4 Å². The molecule has 29 heavy (non-hydrogen) atoms. The Hall–Kier alpha value is -3.56. The Balaban J connectivity index is 1.91. The van der Waals surface area contributed by atoms with Gasteiger partial charge in [0.2, 0.25) is 5.91 Å². The van der Waals surface area contributed by atoms with E-state index in [2.05, 4.69) is 20.7 Å². The summed E-state index contributed by atoms with van der Waals surface area (Å²) in [4.78, 5) is 15.4. The van der Waals surface area contributed by atoms with Crippen molar-refractivity contribution in [2.45, 2.75) is 19.6 Å². The molecule has 0 saturated heterocycles. The zero-order chi connectivity index (χ0) is 21.2. The molecule has 0 aliphatic carbocycles. The monoisotopic (exact) mass is 404 g/mol. The fourth-order valence-electron chi connectivity index (χ4n) is 2.76. The molecule has 0 atom stereocenters. The lowest BCUT2D eigenvalue weighted by Gasteiger charge is -2.16. The maximum absolute atomic E-state index is 13.4. The van der Waals surface area contributed by atoms with Crippen LogP contribution >= 0.6 is 0 Å². The van der Waals surface area contributed by atoms with Crippen LogP contribution in [0.2, 0.25) is 0 Å². The average molecular weight is 404 g/mol. The van der Waals surface area contributed by atoms with Gasteiger partial charge in [-0.15, -0.1) is 0 Å². The zero-order valence-corrected chi connectivity index (χ0v) is 15.7. The minimum atomic E-state index is -4.60. The third kappa shape index (κ3) is 4.48. The molecular formula is C19H19F3N6O. The van der Waals surface area contributed by atoms with Crippen LogP contribution in [0.15, 0.2) is 42.7 Å². The molecule has 1 amide bonds. The standard InChI is InChI=1S/C19H19F3N6O/c1-11-16(10-26-28(11)2)27-17-7-15(14(9-25-17)19(20,21)22)24-8-12-5-3-4-6-13(12)18(23)29/h3-7,9-10H,8H2,1-2H3,(H2,23,29)(H2,24,25,27). The highest BCUT2D eigenvalue weighted by Crippen LogP contribution is 2.36. The number of hydrogen-bond donors (Lipinski definition) is 3. The minimum Gasteiger partial charge on any atom is -0.380 e. The second-order valence-electron chi connectivity index (χ2n) is 6.38. The summed E-state index contributed by atoms with van der Waals surface area (Å²) in [5.41, 5.74) is 6.41. The maximum Gasteiger partial charge on any atom is 0.419 e. The van der Waals surface area contributed by atoms with Crippen LogP contribution in [0.25, 0.3) is 0 Å². The summed E-state index contributed by atoms with van der Waals surface area (Å²) in [5.74, 6) is -0.428. The van der Waals surface area contributed by atoms with Crippen LogP contribution in [0, 0.1) is 6.92 Å². The molecule has 0 spiro atoms. The number of rotatable bonds is 6. The fourth-order valence-corrected chi connectivity index (χ4v) is 2.76. The van der Waals surface area contributed by atoms with Gasteiger partial charge in [0, 0.05) is 31.4 Å². The summed E-state index contributed by atoms with van der Waals surface area (Å²) in [6, 6.07) is 7.73. The number of alkyl halides is 3. The molecule has 0 aliphatic heterocycles. The third-order valence-corrected chi connectivity index (χ3v) is 4.46. The van der Waals surface area contributed by atoms with Crippen molar-refractivity contribution in [3.05, 3.63) is 65.1 Å². The van der Waals surface area contributed by atoms with Crippen molar-refractivity contribution in [1.82, 2.24) is 14.8 Å². The van der Waals surface area contributed by atoms with E-state index in [0.717, 1.165) is 11.9 Å². The summed E-state index contributed by atoms with van der Waals surface area (Å²) < 4.78 is 41.9. The molecule has 0 bridgehead atoms. The molecule has 0 aliphatic rings. The number of aryl methyl sites for hydroxylation is 1. The number of nitrogens with zero attached hydrogens (tertiary/aromatic N) is 3. The van der Waals surface area contributed by atoms with Crippen molar-refractivity contribution in [3.63, 3.8) is 0 Å². The Labute approximate surface area is 164 Å². The minimum absolute atomic E-state index is 0.0163. The predicted molar refractivity (Wildman–Crippen MR) is 103 cm³/mol. The van der Waals surface area contributed by atoms with Gasteiger partial charge in [-0.2, -0.15) is 18.3 Å². The maximum atomic E-state index is 13.4. The SMILES string of the molecule is Cc1c(Nc2cc(NCc3ccccc3C(N)=O)c(C(F)(F)F)cn2)cnn1C. The number of halogens is 3. The highest BCUT2D eigenvalue weighted by molar-refractivity contribution is 5.94. The van der Waals surface area contributed by atoms with Crippen LogP contribution in [-0.4, -0.2) is 20.7 Å². The number of aromatic nitrogens is 3. The van der Waals surface area contributed by atoms with Crippen LogP contribution < -0.4 is 16.4 Å². The summed E-state index contributed by atoms with van der Waals surface area (Å²) in [7, 11) is 1.75. The van der Waals surface area contributed by atoms with Gasteiger partial charge in [-0.05, 0) is 18.6 Å². The second-order valence-corrected chi connectivity index (χ2v) is 6.38. The molecular weight excluding hydrogens is 385 g/mol. The van der Waals surface area contributed by atoms with Crippen LogP contribution in [0.3, 0.4) is 0 Å². The first kappa shape index (κ1) is 20.2. The largest absolute Gasteiger partial charge is 0.419 e. The van der Waals surface area contributed by atoms with E-state index in [0.29, 0.717) is 11.3 Å². The van der Waals surface area contributed by atoms with E-state index in [-0.39, 0.29) is 23.6 Å². The molecule has 0 radical (unpaired) electrons. The van der Waals surface area contributed by atoms with Crippen LogP contribution in [0.4, 0.5) is 30.4 Å². The molecule has 0 fully saturated rings. The Kier molecular flexibility index (Phi) is 5.44. The van der Waals surface area contributed by atoms with Crippen LogP contribution in [0.1, 0.15) is 27.2 Å². The van der Waals surface area contributed by atoms with Gasteiger partial charge in [0.25, 0.3) is 0 Å². The third-order valence-electron chi connectivity index (χ3n) is 4.46. The van der Waals surface area contributed by atoms with Crippen LogP contribution in [-0.2, 0) is 19.8 Å². The van der Waals surface area contributed by atoms with Gasteiger partial charge in [0.1, 0.15) is 5.82 Å². The number of benzene rings is 1. The molecule has 0 unspecified atom stereocenters. The van der Waals surface area contributed by atoms with Gasteiger partial charge in [-0.25, -0.2) is 4.98 Å². The highest BCUT2D eigenvalue weighted by Gasteiger charge is 2.34. The van der Waals surface area contributed by atoms with Crippen molar-refractivity contribution >= 4 is 23.1 Å². The Morgan fingerprint density at radius 1 is 1.21 bits per heavy atom. The summed E-state index contributed by atoms with van der Waals surface area (Å²) in [6.45, 7) is 1.80. The summed E-state index contributed by atoms with van der Waals surface area (Å²) in [5, 5.41) is 9.79. The molecule has 0 saturated carbocycles. The number of hydrogen-bond acceptors (Lipinski definition) is 5. The molecule has 7 nitrogen and oxygen atoms in total. The lowest BCUT2D eigenvalue weighted by atomic mass is 10.1. The Morgan fingerprint density at radius 3 is 2.55 bits per heavy atom. The predicted octanol–water partition coefficient (Wildman–Crippen LogP) is 3.60. The van der Waals surface area contributed by atoms with Gasteiger partial charge in [-0.1, -0.05) is 18.2 Å². The zero-order valence-electron chi connectivity index (χ0n) is 15.7. The number of pyridine rings is 1. The van der Waals surface area contributed by atoms with Crippen molar-refractivity contribution in [2.75, 3.05) is 10.6 Å². The molecule has 1 aromatic carbocycles. The number of nitrogens with one attached hydrogen (secondary N) is 2. The number of carbonyl (C=O) groups excluding carboxylic acids is 1.